The standard InChI is InChI=1S/C18H25ClN2O/c1-18(2,8-13-5-4-6-16(19)7-13)17(22)21-11-14-9-20(3)10-15(14)12-21/h4-7,14-15H,8-12H2,1-3H3/t14-,15+. The Morgan fingerprint density at radius 3 is 2.45 bits per heavy atom. The summed E-state index contributed by atoms with van der Waals surface area (Å²) in [5, 5.41) is 0.736. The lowest BCUT2D eigenvalue weighted by atomic mass is 9.84. The van der Waals surface area contributed by atoms with Gasteiger partial charge in [-0.15, -0.1) is 0 Å². The fourth-order valence-electron chi connectivity index (χ4n) is 4.05. The normalized spacial score (nSPS) is 25.5. The van der Waals surface area contributed by atoms with E-state index in [1.54, 1.807) is 0 Å². The number of amides is 1. The maximum atomic E-state index is 12.9. The summed E-state index contributed by atoms with van der Waals surface area (Å²) in [7, 11) is 2.17. The van der Waals surface area contributed by atoms with Crippen LogP contribution in [0.5, 0.6) is 0 Å². The number of fused-ring (bicyclic) bond motifs is 1. The quantitative estimate of drug-likeness (QED) is 0.855. The van der Waals surface area contributed by atoms with Gasteiger partial charge < -0.3 is 9.80 Å². The second-order valence-electron chi connectivity index (χ2n) is 7.64. The van der Waals surface area contributed by atoms with Gasteiger partial charge in [0.1, 0.15) is 0 Å². The molecule has 0 aliphatic carbocycles. The number of benzene rings is 1. The monoisotopic (exact) mass is 320 g/mol. The van der Waals surface area contributed by atoms with Crippen LogP contribution in [0.3, 0.4) is 0 Å². The molecule has 3 nitrogen and oxygen atoms in total. The molecule has 0 bridgehead atoms. The molecule has 1 aromatic carbocycles. The van der Waals surface area contributed by atoms with Crippen LogP contribution in [0, 0.1) is 17.3 Å². The van der Waals surface area contributed by atoms with E-state index in [1.165, 1.54) is 0 Å². The van der Waals surface area contributed by atoms with Crippen molar-refractivity contribution in [2.75, 3.05) is 33.2 Å². The zero-order valence-electron chi connectivity index (χ0n) is 13.7. The minimum atomic E-state index is -0.380. The van der Waals surface area contributed by atoms with Crippen molar-refractivity contribution in [2.24, 2.45) is 17.3 Å². The molecule has 0 unspecified atom stereocenters. The maximum absolute atomic E-state index is 12.9. The van der Waals surface area contributed by atoms with E-state index in [1.807, 2.05) is 18.2 Å². The molecule has 120 valence electrons. The molecule has 2 aliphatic heterocycles. The van der Waals surface area contributed by atoms with Crippen LogP contribution in [0.15, 0.2) is 24.3 Å². The van der Waals surface area contributed by atoms with Gasteiger partial charge in [-0.2, -0.15) is 0 Å². The van der Waals surface area contributed by atoms with Crippen molar-refractivity contribution < 1.29 is 4.79 Å². The number of hydrogen-bond acceptors (Lipinski definition) is 2. The number of halogens is 1. The molecule has 2 fully saturated rings. The number of rotatable bonds is 3. The van der Waals surface area contributed by atoms with Crippen LogP contribution in [0.2, 0.25) is 5.02 Å². The molecule has 2 heterocycles. The van der Waals surface area contributed by atoms with Gasteiger partial charge in [-0.25, -0.2) is 0 Å². The zero-order valence-corrected chi connectivity index (χ0v) is 14.4. The lowest BCUT2D eigenvalue weighted by molar-refractivity contribution is -0.139. The molecule has 2 aliphatic rings. The summed E-state index contributed by atoms with van der Waals surface area (Å²) >= 11 is 6.06. The molecule has 1 aromatic rings. The zero-order chi connectivity index (χ0) is 15.9. The Labute approximate surface area is 138 Å². The lowest BCUT2D eigenvalue weighted by Gasteiger charge is -2.30. The summed E-state index contributed by atoms with van der Waals surface area (Å²) in [5.74, 6) is 1.61. The van der Waals surface area contributed by atoms with Crippen LogP contribution in [0.1, 0.15) is 19.4 Å². The van der Waals surface area contributed by atoms with E-state index in [0.717, 1.165) is 43.2 Å². The summed E-state index contributed by atoms with van der Waals surface area (Å²) in [6.45, 7) is 8.21. The van der Waals surface area contributed by atoms with Gasteiger partial charge in [0, 0.05) is 36.6 Å². The first kappa shape index (κ1) is 15.8. The van der Waals surface area contributed by atoms with Gasteiger partial charge in [-0.05, 0) is 43.0 Å². The third-order valence-electron chi connectivity index (χ3n) is 5.07. The molecule has 22 heavy (non-hydrogen) atoms. The highest BCUT2D eigenvalue weighted by molar-refractivity contribution is 6.30. The smallest absolute Gasteiger partial charge is 0.228 e. The minimum absolute atomic E-state index is 0.282. The first-order valence-corrected chi connectivity index (χ1v) is 8.45. The van der Waals surface area contributed by atoms with Gasteiger partial charge in [-0.3, -0.25) is 4.79 Å². The lowest BCUT2D eigenvalue weighted by Crippen LogP contribution is -2.42. The Morgan fingerprint density at radius 1 is 1.23 bits per heavy atom. The van der Waals surface area contributed by atoms with Crippen molar-refractivity contribution in [3.63, 3.8) is 0 Å². The summed E-state index contributed by atoms with van der Waals surface area (Å²) in [5.41, 5.74) is 0.750. The van der Waals surface area contributed by atoms with Gasteiger partial charge >= 0.3 is 0 Å². The van der Waals surface area contributed by atoms with Crippen molar-refractivity contribution in [3.05, 3.63) is 34.9 Å². The summed E-state index contributed by atoms with van der Waals surface area (Å²) in [4.78, 5) is 17.4. The highest BCUT2D eigenvalue weighted by atomic mass is 35.5. The number of hydrogen-bond donors (Lipinski definition) is 0. The minimum Gasteiger partial charge on any atom is -0.342 e. The van der Waals surface area contributed by atoms with E-state index in [0.29, 0.717) is 11.8 Å². The van der Waals surface area contributed by atoms with E-state index >= 15 is 0 Å². The molecule has 0 saturated carbocycles. The Balaban J connectivity index is 1.66. The average Bonchev–Trinajstić information content (AvgIpc) is 2.94. The van der Waals surface area contributed by atoms with E-state index < -0.39 is 0 Å². The van der Waals surface area contributed by atoms with E-state index in [-0.39, 0.29) is 11.3 Å². The van der Waals surface area contributed by atoms with Crippen LogP contribution in [0.4, 0.5) is 0 Å². The van der Waals surface area contributed by atoms with Gasteiger partial charge in [0.15, 0.2) is 0 Å². The molecule has 0 N–H and O–H groups in total. The van der Waals surface area contributed by atoms with Gasteiger partial charge in [0.2, 0.25) is 5.91 Å². The van der Waals surface area contributed by atoms with Crippen molar-refractivity contribution in [1.29, 1.82) is 0 Å². The van der Waals surface area contributed by atoms with E-state index in [2.05, 4.69) is 36.8 Å². The summed E-state index contributed by atoms with van der Waals surface area (Å²) in [6, 6.07) is 7.84. The Hall–Kier alpha value is -1.06. The van der Waals surface area contributed by atoms with Crippen molar-refractivity contribution in [2.45, 2.75) is 20.3 Å². The molecule has 2 saturated heterocycles. The van der Waals surface area contributed by atoms with E-state index in [9.17, 15) is 4.79 Å². The molecule has 0 aromatic heterocycles. The third-order valence-corrected chi connectivity index (χ3v) is 5.31. The fourth-order valence-corrected chi connectivity index (χ4v) is 4.27. The molecule has 0 radical (unpaired) electrons. The van der Waals surface area contributed by atoms with Crippen LogP contribution >= 0.6 is 11.6 Å². The molecular weight excluding hydrogens is 296 g/mol. The largest absolute Gasteiger partial charge is 0.342 e. The van der Waals surface area contributed by atoms with Crippen molar-refractivity contribution in [1.82, 2.24) is 9.80 Å². The van der Waals surface area contributed by atoms with Crippen LogP contribution in [0.25, 0.3) is 0 Å². The Bertz CT molecular complexity index is 558. The molecular formula is C18H25ClN2O. The molecule has 3 rings (SSSR count). The molecule has 0 spiro atoms. The number of carbonyl (C=O) groups is 1. The van der Waals surface area contributed by atoms with Gasteiger partial charge in [0.25, 0.3) is 0 Å². The number of nitrogens with zero attached hydrogens (tertiary/aromatic N) is 2. The summed E-state index contributed by atoms with van der Waals surface area (Å²) in [6.07, 6.45) is 0.734. The maximum Gasteiger partial charge on any atom is 0.228 e. The highest BCUT2D eigenvalue weighted by Gasteiger charge is 2.43. The second-order valence-corrected chi connectivity index (χ2v) is 8.08. The predicted molar refractivity (Wildman–Crippen MR) is 90.0 cm³/mol. The van der Waals surface area contributed by atoms with Gasteiger partial charge in [0.05, 0.1) is 0 Å². The third kappa shape index (κ3) is 3.16. The van der Waals surface area contributed by atoms with Crippen LogP contribution in [-0.2, 0) is 11.2 Å². The average molecular weight is 321 g/mol. The topological polar surface area (TPSA) is 23.6 Å². The highest BCUT2D eigenvalue weighted by Crippen LogP contribution is 2.34. The Kier molecular flexibility index (Phi) is 4.21. The molecule has 2 atom stereocenters. The molecule has 1 amide bonds. The molecule has 4 heteroatoms. The first-order chi connectivity index (χ1) is 10.3. The second kappa shape index (κ2) is 5.86. The predicted octanol–water partition coefficient (Wildman–Crippen LogP) is 2.93. The fraction of sp³-hybridized carbons (Fsp3) is 0.611. The van der Waals surface area contributed by atoms with Gasteiger partial charge in [-0.1, -0.05) is 37.6 Å². The Morgan fingerprint density at radius 2 is 1.86 bits per heavy atom. The summed E-state index contributed by atoms with van der Waals surface area (Å²) < 4.78 is 0. The van der Waals surface area contributed by atoms with Crippen LogP contribution < -0.4 is 0 Å². The van der Waals surface area contributed by atoms with Crippen molar-refractivity contribution in [3.8, 4) is 0 Å². The SMILES string of the molecule is CN1C[C@@H]2CN(C(=O)C(C)(C)Cc3cccc(Cl)c3)C[C@@H]2C1. The van der Waals surface area contributed by atoms with E-state index in [4.69, 9.17) is 11.6 Å². The van der Waals surface area contributed by atoms with Crippen molar-refractivity contribution >= 4 is 17.5 Å². The van der Waals surface area contributed by atoms with Crippen LogP contribution in [-0.4, -0.2) is 48.9 Å². The number of likely N-dealkylation sites (tertiary alicyclic amines) is 2. The first-order valence-electron chi connectivity index (χ1n) is 8.07. The number of carbonyl (C=O) groups excluding carboxylic acids is 1.